The minimum absolute atomic E-state index is 0. The molecule has 1 amide bonds. The Kier molecular flexibility index (Phi) is 6.18. The zero-order chi connectivity index (χ0) is 16.2. The van der Waals surface area contributed by atoms with Crippen LogP contribution in [0.15, 0.2) is 12.1 Å². The summed E-state index contributed by atoms with van der Waals surface area (Å²) in [6.07, 6.45) is 0.970. The molecule has 0 unspecified atom stereocenters. The Morgan fingerprint density at radius 3 is 2.79 bits per heavy atom. The second-order valence-corrected chi connectivity index (χ2v) is 5.41. The number of anilines is 1. The summed E-state index contributed by atoms with van der Waals surface area (Å²) >= 11 is 0. The van der Waals surface area contributed by atoms with Crippen molar-refractivity contribution in [2.75, 3.05) is 44.8 Å². The first-order valence-corrected chi connectivity index (χ1v) is 7.44. The van der Waals surface area contributed by atoms with Gasteiger partial charge in [-0.3, -0.25) is 19.8 Å². The van der Waals surface area contributed by atoms with E-state index in [1.807, 2.05) is 4.90 Å². The molecular formula is C14H19ClN4O5. The zero-order valence-electron chi connectivity index (χ0n) is 12.9. The predicted molar refractivity (Wildman–Crippen MR) is 89.0 cm³/mol. The Bertz CT molecular complexity index is 619. The van der Waals surface area contributed by atoms with Crippen molar-refractivity contribution in [3.63, 3.8) is 0 Å². The molecule has 0 spiro atoms. The third-order valence-electron chi connectivity index (χ3n) is 3.76. The maximum absolute atomic E-state index is 12.2. The van der Waals surface area contributed by atoms with Gasteiger partial charge in [0.15, 0.2) is 11.5 Å². The number of hydrogen-bond acceptors (Lipinski definition) is 7. The minimum Gasteiger partial charge on any atom is -0.454 e. The number of rotatable bonds is 4. The van der Waals surface area contributed by atoms with Gasteiger partial charge in [-0.1, -0.05) is 0 Å². The first-order valence-electron chi connectivity index (χ1n) is 7.44. The number of benzene rings is 1. The number of nitrogens with one attached hydrogen (secondary N) is 2. The van der Waals surface area contributed by atoms with E-state index in [0.29, 0.717) is 11.5 Å². The number of hydrogen-bond donors (Lipinski definition) is 2. The van der Waals surface area contributed by atoms with Crippen LogP contribution in [-0.2, 0) is 4.79 Å². The van der Waals surface area contributed by atoms with Crippen LogP contribution in [0.2, 0.25) is 0 Å². The molecule has 132 valence electrons. The molecule has 10 heteroatoms. The summed E-state index contributed by atoms with van der Waals surface area (Å²) in [7, 11) is 0. The van der Waals surface area contributed by atoms with Crippen LogP contribution in [0.1, 0.15) is 6.42 Å². The molecule has 9 nitrogen and oxygen atoms in total. The molecular weight excluding hydrogens is 340 g/mol. The van der Waals surface area contributed by atoms with Gasteiger partial charge in [-0.25, -0.2) is 0 Å². The van der Waals surface area contributed by atoms with E-state index in [9.17, 15) is 14.9 Å². The topological polar surface area (TPSA) is 106 Å². The summed E-state index contributed by atoms with van der Waals surface area (Å²) in [5.41, 5.74) is -0.0858. The Hall–Kier alpha value is -2.10. The highest BCUT2D eigenvalue weighted by atomic mass is 35.5. The standard InChI is InChI=1S/C14H18N4O5.ClH/c19-14(8-17-4-1-2-15-3-5-17)16-10-6-12-13(23-9-22-12)7-11(10)18(20)21;/h6-7,15H,1-5,8-9H2,(H,16,19);1H. The number of carbonyl (C=O) groups is 1. The predicted octanol–water partition coefficient (Wildman–Crippen LogP) is 0.979. The maximum atomic E-state index is 12.2. The van der Waals surface area contributed by atoms with Gasteiger partial charge in [-0.2, -0.15) is 0 Å². The molecule has 0 saturated carbocycles. The molecule has 2 N–H and O–H groups in total. The van der Waals surface area contributed by atoms with Crippen molar-refractivity contribution in [2.24, 2.45) is 0 Å². The van der Waals surface area contributed by atoms with Crippen LogP contribution in [0.4, 0.5) is 11.4 Å². The maximum Gasteiger partial charge on any atom is 0.296 e. The Morgan fingerprint density at radius 2 is 2.04 bits per heavy atom. The normalized spacial score (nSPS) is 16.8. The largest absolute Gasteiger partial charge is 0.454 e. The summed E-state index contributed by atoms with van der Waals surface area (Å²) in [6.45, 7) is 3.58. The summed E-state index contributed by atoms with van der Waals surface area (Å²) in [5, 5.41) is 17.0. The lowest BCUT2D eigenvalue weighted by atomic mass is 10.2. The fourth-order valence-corrected chi connectivity index (χ4v) is 2.63. The van der Waals surface area contributed by atoms with Crippen molar-refractivity contribution in [1.29, 1.82) is 0 Å². The van der Waals surface area contributed by atoms with Gasteiger partial charge in [0, 0.05) is 19.2 Å². The van der Waals surface area contributed by atoms with Gasteiger partial charge < -0.3 is 20.1 Å². The van der Waals surface area contributed by atoms with Gasteiger partial charge in [0.2, 0.25) is 12.7 Å². The Balaban J connectivity index is 0.00000208. The van der Waals surface area contributed by atoms with Crippen LogP contribution in [0.25, 0.3) is 0 Å². The van der Waals surface area contributed by atoms with Gasteiger partial charge >= 0.3 is 0 Å². The van der Waals surface area contributed by atoms with E-state index in [1.54, 1.807) is 0 Å². The highest BCUT2D eigenvalue weighted by Gasteiger charge is 2.25. The number of ether oxygens (including phenoxy) is 2. The lowest BCUT2D eigenvalue weighted by Gasteiger charge is -2.18. The zero-order valence-corrected chi connectivity index (χ0v) is 13.8. The van der Waals surface area contributed by atoms with E-state index in [1.165, 1.54) is 12.1 Å². The molecule has 2 heterocycles. The van der Waals surface area contributed by atoms with E-state index in [0.717, 1.165) is 32.6 Å². The molecule has 2 aliphatic rings. The van der Waals surface area contributed by atoms with Crippen LogP contribution >= 0.6 is 12.4 Å². The lowest BCUT2D eigenvalue weighted by Crippen LogP contribution is -2.35. The summed E-state index contributed by atoms with van der Waals surface area (Å²) in [4.78, 5) is 24.9. The first kappa shape index (κ1) is 18.2. The van der Waals surface area contributed by atoms with E-state index in [2.05, 4.69) is 10.6 Å². The van der Waals surface area contributed by atoms with Gasteiger partial charge in [0.05, 0.1) is 17.5 Å². The molecule has 1 saturated heterocycles. The van der Waals surface area contributed by atoms with Gasteiger partial charge in [0.1, 0.15) is 5.69 Å². The Morgan fingerprint density at radius 1 is 1.29 bits per heavy atom. The summed E-state index contributed by atoms with van der Waals surface area (Å²) < 4.78 is 10.3. The van der Waals surface area contributed by atoms with Crippen molar-refractivity contribution in [2.45, 2.75) is 6.42 Å². The second kappa shape index (κ2) is 8.13. The van der Waals surface area contributed by atoms with Gasteiger partial charge in [-0.05, 0) is 19.5 Å². The molecule has 0 radical (unpaired) electrons. The number of halogens is 1. The van der Waals surface area contributed by atoms with E-state index in [4.69, 9.17) is 9.47 Å². The molecule has 24 heavy (non-hydrogen) atoms. The fourth-order valence-electron chi connectivity index (χ4n) is 2.63. The molecule has 1 aromatic carbocycles. The van der Waals surface area contributed by atoms with Crippen molar-refractivity contribution < 1.29 is 19.2 Å². The average molecular weight is 359 g/mol. The minimum atomic E-state index is -0.548. The molecule has 2 aliphatic heterocycles. The molecule has 1 aromatic rings. The second-order valence-electron chi connectivity index (χ2n) is 5.41. The third-order valence-corrected chi connectivity index (χ3v) is 3.76. The summed E-state index contributed by atoms with van der Waals surface area (Å²) in [5.74, 6) is 0.423. The van der Waals surface area contributed by atoms with E-state index >= 15 is 0 Å². The van der Waals surface area contributed by atoms with Crippen LogP contribution in [0, 0.1) is 10.1 Å². The smallest absolute Gasteiger partial charge is 0.296 e. The molecule has 1 fully saturated rings. The van der Waals surface area contributed by atoms with Crippen molar-refractivity contribution in [3.05, 3.63) is 22.2 Å². The third kappa shape index (κ3) is 4.25. The number of nitro benzene ring substituents is 1. The lowest BCUT2D eigenvalue weighted by molar-refractivity contribution is -0.384. The highest BCUT2D eigenvalue weighted by Crippen LogP contribution is 2.40. The molecule has 3 rings (SSSR count). The van der Waals surface area contributed by atoms with Crippen LogP contribution in [0.3, 0.4) is 0 Å². The quantitative estimate of drug-likeness (QED) is 0.610. The first-order chi connectivity index (χ1) is 11.1. The van der Waals surface area contributed by atoms with Gasteiger partial charge in [-0.15, -0.1) is 12.4 Å². The number of nitrogens with zero attached hydrogens (tertiary/aromatic N) is 2. The molecule has 0 aliphatic carbocycles. The van der Waals surface area contributed by atoms with Crippen LogP contribution < -0.4 is 20.1 Å². The fraction of sp³-hybridized carbons (Fsp3) is 0.500. The number of amides is 1. The van der Waals surface area contributed by atoms with Crippen molar-refractivity contribution in [3.8, 4) is 11.5 Å². The highest BCUT2D eigenvalue weighted by molar-refractivity contribution is 5.95. The van der Waals surface area contributed by atoms with Crippen molar-refractivity contribution in [1.82, 2.24) is 10.2 Å². The summed E-state index contributed by atoms with van der Waals surface area (Å²) in [6, 6.07) is 2.70. The number of fused-ring (bicyclic) bond motifs is 1. The number of nitro groups is 1. The van der Waals surface area contributed by atoms with Gasteiger partial charge in [0.25, 0.3) is 5.69 Å². The van der Waals surface area contributed by atoms with E-state index < -0.39 is 4.92 Å². The molecule has 0 bridgehead atoms. The van der Waals surface area contributed by atoms with E-state index in [-0.39, 0.29) is 43.0 Å². The molecule has 0 aromatic heterocycles. The average Bonchev–Trinajstić information content (AvgIpc) is 2.81. The Labute approximate surface area is 144 Å². The van der Waals surface area contributed by atoms with Crippen molar-refractivity contribution >= 4 is 29.7 Å². The van der Waals surface area contributed by atoms with Crippen LogP contribution in [-0.4, -0.2) is 55.2 Å². The van der Waals surface area contributed by atoms with Crippen LogP contribution in [0.5, 0.6) is 11.5 Å². The molecule has 0 atom stereocenters. The number of carbonyl (C=O) groups excluding carboxylic acids is 1. The SMILES string of the molecule is Cl.O=C(CN1CCCNCC1)Nc1cc2c(cc1[N+](=O)[O-])OCO2. The monoisotopic (exact) mass is 358 g/mol.